The summed E-state index contributed by atoms with van der Waals surface area (Å²) in [6.07, 6.45) is 4.58. The fraction of sp³-hybridized carbons (Fsp3) is 0.762. The fourth-order valence-corrected chi connectivity index (χ4v) is 6.29. The highest BCUT2D eigenvalue weighted by molar-refractivity contribution is 9.09. The van der Waals surface area contributed by atoms with Crippen LogP contribution in [0.5, 0.6) is 0 Å². The van der Waals surface area contributed by atoms with E-state index in [9.17, 15) is 24.6 Å². The third-order valence-corrected chi connectivity index (χ3v) is 7.40. The third kappa shape index (κ3) is 3.69. The summed E-state index contributed by atoms with van der Waals surface area (Å²) in [5, 5.41) is 19.1. The zero-order valence-corrected chi connectivity index (χ0v) is 18.9. The minimum Gasteiger partial charge on any atom is -0.481 e. The van der Waals surface area contributed by atoms with E-state index in [2.05, 4.69) is 29.4 Å². The molecule has 0 aliphatic carbocycles. The number of likely N-dealkylation sites (tertiary alicyclic amines) is 1. The van der Waals surface area contributed by atoms with Crippen molar-refractivity contribution in [2.45, 2.75) is 61.6 Å². The Morgan fingerprint density at radius 1 is 1.40 bits per heavy atom. The number of hydrogen-bond donors (Lipinski definition) is 2. The molecule has 3 aliphatic rings. The van der Waals surface area contributed by atoms with Crippen molar-refractivity contribution in [3.8, 4) is 0 Å². The van der Waals surface area contributed by atoms with E-state index < -0.39 is 35.6 Å². The number of fused-ring (bicyclic) bond motifs is 1. The van der Waals surface area contributed by atoms with Crippen LogP contribution < -0.4 is 0 Å². The maximum Gasteiger partial charge on any atom is 0.310 e. The van der Waals surface area contributed by atoms with Gasteiger partial charge in [0.2, 0.25) is 11.8 Å². The molecular formula is C21H31BrN2O6. The first-order valence-corrected chi connectivity index (χ1v) is 11.6. The number of aliphatic hydroxyl groups excluding tert-OH is 1. The van der Waals surface area contributed by atoms with Gasteiger partial charge in [0.25, 0.3) is 0 Å². The molecule has 3 rings (SSSR count). The second-order valence-electron chi connectivity index (χ2n) is 8.39. The van der Waals surface area contributed by atoms with E-state index in [4.69, 9.17) is 4.74 Å². The molecule has 3 fully saturated rings. The summed E-state index contributed by atoms with van der Waals surface area (Å²) >= 11 is 3.52. The summed E-state index contributed by atoms with van der Waals surface area (Å²) in [6.45, 7) is 6.80. The van der Waals surface area contributed by atoms with Crippen molar-refractivity contribution < 1.29 is 29.3 Å². The van der Waals surface area contributed by atoms with E-state index in [1.54, 1.807) is 11.0 Å². The lowest BCUT2D eigenvalue weighted by molar-refractivity contribution is -0.150. The lowest BCUT2D eigenvalue weighted by Gasteiger charge is -2.37. The molecule has 2 N–H and O–H groups in total. The Kier molecular flexibility index (Phi) is 7.24. The summed E-state index contributed by atoms with van der Waals surface area (Å²) in [4.78, 5) is 42.0. The fourth-order valence-electron chi connectivity index (χ4n) is 5.35. The second-order valence-corrected chi connectivity index (χ2v) is 9.57. The lowest BCUT2D eigenvalue weighted by atomic mass is 9.70. The van der Waals surface area contributed by atoms with Crippen LogP contribution in [0.2, 0.25) is 0 Å². The van der Waals surface area contributed by atoms with Crippen molar-refractivity contribution in [3.63, 3.8) is 0 Å². The number of aliphatic hydroxyl groups is 1. The number of hydrogen-bond acceptors (Lipinski definition) is 5. The Labute approximate surface area is 185 Å². The van der Waals surface area contributed by atoms with E-state index in [0.717, 1.165) is 19.3 Å². The van der Waals surface area contributed by atoms with Crippen LogP contribution in [0, 0.1) is 11.8 Å². The highest BCUT2D eigenvalue weighted by Gasteiger charge is 2.76. The van der Waals surface area contributed by atoms with Crippen molar-refractivity contribution in [2.75, 3.05) is 26.2 Å². The van der Waals surface area contributed by atoms with Gasteiger partial charge in [0, 0.05) is 31.1 Å². The van der Waals surface area contributed by atoms with Crippen LogP contribution in [0.3, 0.4) is 0 Å². The van der Waals surface area contributed by atoms with Gasteiger partial charge in [-0.25, -0.2) is 0 Å². The molecule has 6 atom stereocenters. The van der Waals surface area contributed by atoms with Crippen LogP contribution in [0.1, 0.15) is 39.0 Å². The first-order chi connectivity index (χ1) is 14.3. The highest BCUT2D eigenvalue weighted by atomic mass is 79.9. The Hall–Kier alpha value is -1.45. The molecule has 3 saturated heterocycles. The molecule has 30 heavy (non-hydrogen) atoms. The summed E-state index contributed by atoms with van der Waals surface area (Å²) in [5.74, 6) is -3.54. The van der Waals surface area contributed by atoms with E-state index in [1.807, 2.05) is 0 Å². The number of carbonyl (C=O) groups is 3. The average molecular weight is 487 g/mol. The topological polar surface area (TPSA) is 107 Å². The molecule has 3 aliphatic heterocycles. The maximum absolute atomic E-state index is 13.7. The van der Waals surface area contributed by atoms with Crippen LogP contribution in [0.15, 0.2) is 12.7 Å². The molecule has 1 unspecified atom stereocenters. The van der Waals surface area contributed by atoms with E-state index >= 15 is 0 Å². The molecule has 0 aromatic heterocycles. The molecule has 168 valence electrons. The third-order valence-electron chi connectivity index (χ3n) is 6.56. The molecule has 8 nitrogen and oxygen atoms in total. The van der Waals surface area contributed by atoms with Crippen molar-refractivity contribution in [2.24, 2.45) is 11.8 Å². The van der Waals surface area contributed by atoms with Crippen molar-refractivity contribution in [1.29, 1.82) is 0 Å². The number of alkyl halides is 1. The van der Waals surface area contributed by atoms with Crippen molar-refractivity contribution in [3.05, 3.63) is 12.7 Å². The van der Waals surface area contributed by atoms with Gasteiger partial charge in [-0.15, -0.1) is 6.58 Å². The van der Waals surface area contributed by atoms with Crippen LogP contribution >= 0.6 is 15.9 Å². The Morgan fingerprint density at radius 3 is 2.73 bits per heavy atom. The van der Waals surface area contributed by atoms with Crippen molar-refractivity contribution >= 4 is 33.7 Å². The smallest absolute Gasteiger partial charge is 0.310 e. The van der Waals surface area contributed by atoms with Gasteiger partial charge in [0.15, 0.2) is 0 Å². The minimum atomic E-state index is -1.16. The number of ether oxygens (including phenoxy) is 1. The number of amides is 2. The molecule has 3 heterocycles. The first kappa shape index (κ1) is 23.2. The zero-order chi connectivity index (χ0) is 22.1. The Morgan fingerprint density at radius 2 is 2.13 bits per heavy atom. The normalized spacial score (nSPS) is 34.3. The summed E-state index contributed by atoms with van der Waals surface area (Å²) in [6, 6.07) is -0.891. The number of rotatable bonds is 11. The molecule has 2 bridgehead atoms. The number of unbranched alkanes of at least 4 members (excludes halogenated alkanes) is 2. The average Bonchev–Trinajstić information content (AvgIpc) is 3.29. The molecule has 2 amide bonds. The molecule has 1 spiro atoms. The standard InChI is InChI=1S/C21H31BrN2O6/c1-3-5-6-9-23(8-4-2)19(27)17-21-12-13(22)16(30-21)14(20(28)29)15(21)18(26)24(17)10-7-11-25/h4,13-17,25H,2-3,5-12H2,1H3,(H,28,29)/t13?,14-,15+,16-,17-,21+/m0/s1. The summed E-state index contributed by atoms with van der Waals surface area (Å²) < 4.78 is 6.21. The Bertz CT molecular complexity index is 703. The second kappa shape index (κ2) is 9.36. The molecule has 0 aromatic rings. The van der Waals surface area contributed by atoms with Crippen LogP contribution in [-0.4, -0.2) is 86.6 Å². The van der Waals surface area contributed by atoms with Crippen molar-refractivity contribution in [1.82, 2.24) is 9.80 Å². The predicted molar refractivity (Wildman–Crippen MR) is 113 cm³/mol. The lowest BCUT2D eigenvalue weighted by Crippen LogP contribution is -2.57. The molecule has 0 radical (unpaired) electrons. The number of carbonyl (C=O) groups excluding carboxylic acids is 2. The van der Waals surface area contributed by atoms with Gasteiger partial charge in [0.05, 0.1) is 17.9 Å². The number of aliphatic carboxylic acids is 1. The number of carboxylic acid groups (broad SMARTS) is 1. The van der Waals surface area contributed by atoms with Gasteiger partial charge in [0.1, 0.15) is 11.6 Å². The maximum atomic E-state index is 13.7. The number of nitrogens with zero attached hydrogens (tertiary/aromatic N) is 2. The van der Waals surface area contributed by atoms with Gasteiger partial charge in [-0.05, 0) is 19.3 Å². The van der Waals surface area contributed by atoms with E-state index in [-0.39, 0.29) is 29.8 Å². The van der Waals surface area contributed by atoms with Crippen LogP contribution in [0.4, 0.5) is 0 Å². The van der Waals surface area contributed by atoms with Gasteiger partial charge in [-0.2, -0.15) is 0 Å². The van der Waals surface area contributed by atoms with Gasteiger partial charge < -0.3 is 24.7 Å². The van der Waals surface area contributed by atoms with E-state index in [1.165, 1.54) is 4.90 Å². The minimum absolute atomic E-state index is 0.123. The zero-order valence-electron chi connectivity index (χ0n) is 17.3. The van der Waals surface area contributed by atoms with Gasteiger partial charge in [-0.3, -0.25) is 14.4 Å². The molecule has 0 saturated carbocycles. The monoisotopic (exact) mass is 486 g/mol. The quantitative estimate of drug-likeness (QED) is 0.259. The number of halogens is 1. The Balaban J connectivity index is 1.98. The van der Waals surface area contributed by atoms with Gasteiger partial charge >= 0.3 is 5.97 Å². The SMILES string of the molecule is C=CCN(CCCCC)C(=O)[C@@H]1N(CCCO)C(=O)[C@H]2[C@H](C(=O)O)[C@H]3O[C@@]12CC3Br. The predicted octanol–water partition coefficient (Wildman–Crippen LogP) is 1.41. The van der Waals surface area contributed by atoms with Crippen LogP contribution in [-0.2, 0) is 19.1 Å². The largest absolute Gasteiger partial charge is 0.481 e. The van der Waals surface area contributed by atoms with E-state index in [0.29, 0.717) is 25.9 Å². The highest BCUT2D eigenvalue weighted by Crippen LogP contribution is 2.60. The first-order valence-electron chi connectivity index (χ1n) is 10.7. The number of carboxylic acids is 1. The summed E-state index contributed by atoms with van der Waals surface area (Å²) in [7, 11) is 0. The molecule has 9 heteroatoms. The molecule has 0 aromatic carbocycles. The van der Waals surface area contributed by atoms with Gasteiger partial charge in [-0.1, -0.05) is 41.8 Å². The molecular weight excluding hydrogens is 456 g/mol. The summed E-state index contributed by atoms with van der Waals surface area (Å²) in [5.41, 5.74) is -1.16. The van der Waals surface area contributed by atoms with Crippen LogP contribution in [0.25, 0.3) is 0 Å².